The van der Waals surface area contributed by atoms with Gasteiger partial charge in [-0.15, -0.1) is 0 Å². The second-order valence-electron chi connectivity index (χ2n) is 6.13. The molecule has 30 heavy (non-hydrogen) atoms. The van der Waals surface area contributed by atoms with Crippen LogP contribution in [0.4, 0.5) is 11.4 Å². The smallest absolute Gasteiger partial charge is 0.338 e. The van der Waals surface area contributed by atoms with Crippen molar-refractivity contribution in [2.24, 2.45) is 4.99 Å². The van der Waals surface area contributed by atoms with Gasteiger partial charge in [0.05, 0.1) is 23.5 Å². The van der Waals surface area contributed by atoms with E-state index in [-0.39, 0.29) is 24.1 Å². The molecule has 1 aliphatic heterocycles. The van der Waals surface area contributed by atoms with Crippen molar-refractivity contribution in [2.75, 3.05) is 11.5 Å². The van der Waals surface area contributed by atoms with Crippen LogP contribution in [0, 0.1) is 11.5 Å². The number of hydrogen-bond acceptors (Lipinski definition) is 7. The molecule has 3 rings (SSSR count). The highest BCUT2D eigenvalue weighted by atomic mass is 32.2. The topological polar surface area (TPSA) is 112 Å². The number of hydrogen-bond donors (Lipinski definition) is 1. The fourth-order valence-corrected chi connectivity index (χ4v) is 3.78. The number of nitriles is 1. The van der Waals surface area contributed by atoms with Crippen LogP contribution >= 0.6 is 11.8 Å². The fourth-order valence-electron chi connectivity index (χ4n) is 2.81. The van der Waals surface area contributed by atoms with Crippen LogP contribution in [0.3, 0.4) is 0 Å². The zero-order valence-electron chi connectivity index (χ0n) is 16.1. The molecule has 0 radical (unpaired) electrons. The first kappa shape index (κ1) is 21.1. The molecule has 1 N–H and O–H groups in total. The van der Waals surface area contributed by atoms with E-state index in [1.165, 1.54) is 24.3 Å². The van der Waals surface area contributed by atoms with Crippen molar-refractivity contribution in [3.05, 3.63) is 60.2 Å². The quantitative estimate of drug-likeness (QED) is 0.197. The predicted octanol–water partition coefficient (Wildman–Crippen LogP) is 2.99. The Morgan fingerprint density at radius 2 is 1.93 bits per heavy atom. The number of rotatable bonds is 5. The molecule has 152 valence electrons. The van der Waals surface area contributed by atoms with E-state index in [0.29, 0.717) is 16.9 Å². The molecule has 1 saturated heterocycles. The number of amides is 2. The number of ether oxygens (including phenoxy) is 1. The Bertz CT molecular complexity index is 1020. The van der Waals surface area contributed by atoms with Crippen molar-refractivity contribution in [1.82, 2.24) is 5.32 Å². The van der Waals surface area contributed by atoms with Gasteiger partial charge >= 0.3 is 5.97 Å². The number of nitrogens with one attached hydrogen (secondary N) is 1. The Morgan fingerprint density at radius 3 is 2.57 bits per heavy atom. The van der Waals surface area contributed by atoms with Gasteiger partial charge in [-0.05, 0) is 43.3 Å². The largest absolute Gasteiger partial charge is 0.462 e. The number of esters is 1. The highest BCUT2D eigenvalue weighted by Gasteiger charge is 2.40. The molecule has 9 heteroatoms. The SMILES string of the molecule is CCOC(=O)c1ccc(N2C(=O)CC(SC(=Nc3ccccc3)NC#N)C2=O)cc1. The molecule has 0 saturated carbocycles. The summed E-state index contributed by atoms with van der Waals surface area (Å²) >= 11 is 1.03. The molecular formula is C21H18N4O4S. The Hall–Kier alpha value is -3.64. The van der Waals surface area contributed by atoms with E-state index in [2.05, 4.69) is 10.3 Å². The van der Waals surface area contributed by atoms with Gasteiger partial charge in [-0.2, -0.15) is 5.26 Å². The van der Waals surface area contributed by atoms with Crippen molar-refractivity contribution in [3.63, 3.8) is 0 Å². The Labute approximate surface area is 177 Å². The van der Waals surface area contributed by atoms with Crippen LogP contribution in [-0.4, -0.2) is 34.8 Å². The van der Waals surface area contributed by atoms with Gasteiger partial charge < -0.3 is 4.74 Å². The fraction of sp³-hybridized carbons (Fsp3) is 0.190. The van der Waals surface area contributed by atoms with Gasteiger partial charge in [0, 0.05) is 6.42 Å². The maximum Gasteiger partial charge on any atom is 0.338 e. The summed E-state index contributed by atoms with van der Waals surface area (Å²) in [6.45, 7) is 1.97. The lowest BCUT2D eigenvalue weighted by Crippen LogP contribution is -2.32. The molecule has 2 amide bonds. The molecule has 1 aliphatic rings. The summed E-state index contributed by atoms with van der Waals surface area (Å²) in [5.41, 5.74) is 1.32. The number of aliphatic imine (C=N–C) groups is 1. The molecule has 2 aromatic rings. The minimum atomic E-state index is -0.717. The zero-order valence-corrected chi connectivity index (χ0v) is 16.9. The number of anilines is 1. The van der Waals surface area contributed by atoms with Gasteiger partial charge in [-0.3, -0.25) is 14.9 Å². The van der Waals surface area contributed by atoms with E-state index in [9.17, 15) is 14.4 Å². The molecule has 0 aromatic heterocycles. The maximum atomic E-state index is 12.9. The maximum absolute atomic E-state index is 12.9. The van der Waals surface area contributed by atoms with E-state index in [1.807, 2.05) is 6.07 Å². The second kappa shape index (κ2) is 9.71. The van der Waals surface area contributed by atoms with Gasteiger partial charge in [0.1, 0.15) is 5.25 Å². The highest BCUT2D eigenvalue weighted by Crippen LogP contribution is 2.31. The van der Waals surface area contributed by atoms with Gasteiger partial charge in [0.15, 0.2) is 11.4 Å². The van der Waals surface area contributed by atoms with Gasteiger partial charge in [-0.1, -0.05) is 30.0 Å². The second-order valence-corrected chi connectivity index (χ2v) is 7.33. The lowest BCUT2D eigenvalue weighted by Gasteiger charge is -2.15. The molecule has 8 nitrogen and oxygen atoms in total. The first-order valence-corrected chi connectivity index (χ1v) is 10.0. The number of carbonyl (C=O) groups excluding carboxylic acids is 3. The summed E-state index contributed by atoms with van der Waals surface area (Å²) in [6, 6.07) is 15.1. The third-order valence-corrected chi connectivity index (χ3v) is 5.21. The molecule has 1 heterocycles. The molecule has 0 spiro atoms. The predicted molar refractivity (Wildman–Crippen MR) is 113 cm³/mol. The monoisotopic (exact) mass is 422 g/mol. The summed E-state index contributed by atoms with van der Waals surface area (Å²) in [6.07, 6.45) is 1.78. The van der Waals surface area contributed by atoms with Crippen LogP contribution in [0.2, 0.25) is 0 Å². The van der Waals surface area contributed by atoms with E-state index in [4.69, 9.17) is 10.00 Å². The Kier molecular flexibility index (Phi) is 6.83. The number of para-hydroxylation sites is 1. The summed E-state index contributed by atoms with van der Waals surface area (Å²) in [4.78, 5) is 42.5. The van der Waals surface area contributed by atoms with E-state index >= 15 is 0 Å². The minimum absolute atomic E-state index is 0.0238. The number of benzene rings is 2. The lowest BCUT2D eigenvalue weighted by molar-refractivity contribution is -0.121. The summed E-state index contributed by atoms with van der Waals surface area (Å²) in [7, 11) is 0. The molecule has 0 bridgehead atoms. The van der Waals surface area contributed by atoms with E-state index in [1.54, 1.807) is 37.4 Å². The molecule has 2 aromatic carbocycles. The summed E-state index contributed by atoms with van der Waals surface area (Å²) < 4.78 is 4.93. The number of carbonyl (C=O) groups is 3. The zero-order chi connectivity index (χ0) is 21.5. The third kappa shape index (κ3) is 4.85. The van der Waals surface area contributed by atoms with Crippen LogP contribution in [-0.2, 0) is 14.3 Å². The molecule has 1 unspecified atom stereocenters. The highest BCUT2D eigenvalue weighted by molar-refractivity contribution is 8.15. The first-order valence-electron chi connectivity index (χ1n) is 9.13. The van der Waals surface area contributed by atoms with Crippen molar-refractivity contribution in [3.8, 4) is 6.19 Å². The molecule has 0 aliphatic carbocycles. The number of imide groups is 1. The van der Waals surface area contributed by atoms with Crippen molar-refractivity contribution < 1.29 is 19.1 Å². The van der Waals surface area contributed by atoms with Crippen LogP contribution in [0.15, 0.2) is 59.6 Å². The number of amidine groups is 1. The van der Waals surface area contributed by atoms with Gasteiger partial charge in [0.2, 0.25) is 11.8 Å². The van der Waals surface area contributed by atoms with Crippen LogP contribution in [0.5, 0.6) is 0 Å². The summed E-state index contributed by atoms with van der Waals surface area (Å²) in [5.74, 6) is -1.24. The van der Waals surface area contributed by atoms with Crippen molar-refractivity contribution in [2.45, 2.75) is 18.6 Å². The normalized spacial score (nSPS) is 16.3. The molecule has 1 fully saturated rings. The first-order chi connectivity index (χ1) is 14.5. The standard InChI is InChI=1S/C21H18N4O4S/c1-2-29-20(28)14-8-10-16(11-9-14)25-18(26)12-17(19(25)27)30-21(23-13-22)24-15-6-4-3-5-7-15/h3-11,17H,2,12H2,1H3,(H,23,24). The van der Waals surface area contributed by atoms with Gasteiger partial charge in [0.25, 0.3) is 0 Å². The van der Waals surface area contributed by atoms with Crippen LogP contribution in [0.25, 0.3) is 0 Å². The van der Waals surface area contributed by atoms with Crippen molar-refractivity contribution in [1.29, 1.82) is 5.26 Å². The summed E-state index contributed by atoms with van der Waals surface area (Å²) in [5, 5.41) is 11.0. The van der Waals surface area contributed by atoms with Crippen LogP contribution < -0.4 is 10.2 Å². The average molecular weight is 422 g/mol. The third-order valence-electron chi connectivity index (χ3n) is 4.15. The molecule has 1 atom stereocenters. The average Bonchev–Trinajstić information content (AvgIpc) is 3.02. The van der Waals surface area contributed by atoms with E-state index < -0.39 is 17.1 Å². The van der Waals surface area contributed by atoms with E-state index in [0.717, 1.165) is 16.7 Å². The number of nitrogens with zero attached hydrogens (tertiary/aromatic N) is 3. The Morgan fingerprint density at radius 1 is 1.23 bits per heavy atom. The van der Waals surface area contributed by atoms with Crippen LogP contribution in [0.1, 0.15) is 23.7 Å². The van der Waals surface area contributed by atoms with Crippen molar-refractivity contribution >= 4 is 46.1 Å². The lowest BCUT2D eigenvalue weighted by atomic mass is 10.2. The Balaban J connectivity index is 1.76. The van der Waals surface area contributed by atoms with Gasteiger partial charge in [-0.25, -0.2) is 14.7 Å². The molecular weight excluding hydrogens is 404 g/mol. The minimum Gasteiger partial charge on any atom is -0.462 e. The number of thioether (sulfide) groups is 1.